The first-order valence-corrected chi connectivity index (χ1v) is 10.8. The number of amides is 1. The van der Waals surface area contributed by atoms with Crippen molar-refractivity contribution < 1.29 is 19.4 Å². The predicted octanol–water partition coefficient (Wildman–Crippen LogP) is 3.26. The fraction of sp³-hybridized carbons (Fsp3) is 0.500. The Morgan fingerprint density at radius 1 is 1.13 bits per heavy atom. The van der Waals surface area contributed by atoms with Crippen molar-refractivity contribution in [2.45, 2.75) is 31.7 Å². The first-order chi connectivity index (χ1) is 15.2. The molecule has 1 aromatic heterocycles. The molecule has 1 aliphatic heterocycles. The molecular formula is C22H29N5O4. The maximum Gasteiger partial charge on any atom is 0.404 e. The number of benzene rings is 1. The molecule has 0 unspecified atom stereocenters. The smallest absolute Gasteiger partial charge is 0.404 e. The van der Waals surface area contributed by atoms with Crippen molar-refractivity contribution in [2.75, 3.05) is 43.1 Å². The molecule has 2 heterocycles. The van der Waals surface area contributed by atoms with E-state index in [-0.39, 0.29) is 6.04 Å². The van der Waals surface area contributed by atoms with E-state index in [9.17, 15) is 4.79 Å². The van der Waals surface area contributed by atoms with Gasteiger partial charge >= 0.3 is 6.09 Å². The van der Waals surface area contributed by atoms with Crippen LogP contribution in [0.25, 0.3) is 0 Å². The van der Waals surface area contributed by atoms with Crippen LogP contribution in [-0.4, -0.2) is 60.1 Å². The molecule has 1 aromatic carbocycles. The normalized spacial score (nSPS) is 21.4. The number of nitrogens with one attached hydrogen (secondary N) is 2. The Hall–Kier alpha value is -3.07. The lowest BCUT2D eigenvalue weighted by atomic mass is 9.86. The summed E-state index contributed by atoms with van der Waals surface area (Å²) in [5.74, 6) is 1.44. The minimum Gasteiger partial charge on any atom is -0.477 e. The van der Waals surface area contributed by atoms with E-state index in [1.807, 2.05) is 12.1 Å². The van der Waals surface area contributed by atoms with Crippen LogP contribution in [0.15, 0.2) is 36.5 Å². The number of carboxylic acid groups (broad SMARTS) is 1. The summed E-state index contributed by atoms with van der Waals surface area (Å²) in [5, 5.41) is 14.6. The Morgan fingerprint density at radius 3 is 2.58 bits per heavy atom. The molecule has 0 radical (unpaired) electrons. The molecule has 1 saturated heterocycles. The van der Waals surface area contributed by atoms with Gasteiger partial charge in [0.1, 0.15) is 0 Å². The van der Waals surface area contributed by atoms with Gasteiger partial charge < -0.3 is 30.1 Å². The second-order valence-electron chi connectivity index (χ2n) is 7.97. The Bertz CT molecular complexity index is 849. The lowest BCUT2D eigenvalue weighted by Gasteiger charge is -2.28. The summed E-state index contributed by atoms with van der Waals surface area (Å²) in [7, 11) is 0. The molecule has 31 heavy (non-hydrogen) atoms. The van der Waals surface area contributed by atoms with E-state index >= 15 is 0 Å². The fourth-order valence-corrected chi connectivity index (χ4v) is 4.04. The SMILES string of the molecule is O=C(O)NC1CCC(COc2ccnc(Nc3ccc(N4CCOCC4)cc3)n2)CC1. The second-order valence-corrected chi connectivity index (χ2v) is 7.97. The standard InChI is InChI=1S/C22H29N5O4/c28-22(29)25-18-3-1-16(2-4-18)15-31-20-9-10-23-21(26-20)24-17-5-7-19(8-6-17)27-11-13-30-14-12-27/h5-10,16,18,25H,1-4,11-15H2,(H,28,29)(H,23,24,26). The molecule has 166 valence electrons. The van der Waals surface area contributed by atoms with E-state index in [0.29, 0.717) is 24.4 Å². The molecule has 1 amide bonds. The zero-order valence-corrected chi connectivity index (χ0v) is 17.5. The predicted molar refractivity (Wildman–Crippen MR) is 117 cm³/mol. The number of hydrogen-bond donors (Lipinski definition) is 3. The molecule has 4 rings (SSSR count). The summed E-state index contributed by atoms with van der Waals surface area (Å²) in [4.78, 5) is 21.8. The summed E-state index contributed by atoms with van der Waals surface area (Å²) in [5.41, 5.74) is 2.10. The fourth-order valence-electron chi connectivity index (χ4n) is 4.04. The molecule has 0 bridgehead atoms. The van der Waals surface area contributed by atoms with Gasteiger partial charge in [0.2, 0.25) is 11.8 Å². The van der Waals surface area contributed by atoms with Crippen LogP contribution in [0.5, 0.6) is 5.88 Å². The Kier molecular flexibility index (Phi) is 7.03. The van der Waals surface area contributed by atoms with Crippen LogP contribution >= 0.6 is 0 Å². The Labute approximate surface area is 181 Å². The van der Waals surface area contributed by atoms with Crippen LogP contribution in [0.3, 0.4) is 0 Å². The number of aromatic nitrogens is 2. The van der Waals surface area contributed by atoms with Crippen molar-refractivity contribution in [3.8, 4) is 5.88 Å². The molecule has 2 fully saturated rings. The lowest BCUT2D eigenvalue weighted by Crippen LogP contribution is -2.37. The van der Waals surface area contributed by atoms with Crippen molar-refractivity contribution in [2.24, 2.45) is 5.92 Å². The average molecular weight is 428 g/mol. The number of nitrogens with zero attached hydrogens (tertiary/aromatic N) is 3. The quantitative estimate of drug-likeness (QED) is 0.618. The first-order valence-electron chi connectivity index (χ1n) is 10.8. The van der Waals surface area contributed by atoms with E-state index < -0.39 is 6.09 Å². The largest absolute Gasteiger partial charge is 0.477 e. The molecule has 9 heteroatoms. The summed E-state index contributed by atoms with van der Waals surface area (Å²) in [6.07, 6.45) is 4.30. The summed E-state index contributed by atoms with van der Waals surface area (Å²) in [6.45, 7) is 3.92. The highest BCUT2D eigenvalue weighted by Crippen LogP contribution is 2.25. The Morgan fingerprint density at radius 2 is 1.87 bits per heavy atom. The third kappa shape index (κ3) is 6.21. The molecule has 2 aliphatic rings. The molecule has 1 aliphatic carbocycles. The van der Waals surface area contributed by atoms with Crippen LogP contribution in [0.4, 0.5) is 22.1 Å². The van der Waals surface area contributed by atoms with Gasteiger partial charge in [-0.2, -0.15) is 4.98 Å². The number of rotatable bonds is 7. The van der Waals surface area contributed by atoms with E-state index in [0.717, 1.165) is 57.7 Å². The zero-order chi connectivity index (χ0) is 21.5. The molecule has 3 N–H and O–H groups in total. The van der Waals surface area contributed by atoms with Gasteiger partial charge in [0, 0.05) is 42.8 Å². The highest BCUT2D eigenvalue weighted by molar-refractivity contribution is 5.64. The summed E-state index contributed by atoms with van der Waals surface area (Å²) in [6, 6.07) is 10.0. The van der Waals surface area contributed by atoms with Gasteiger partial charge in [-0.15, -0.1) is 0 Å². The number of morpholine rings is 1. The molecule has 0 spiro atoms. The van der Waals surface area contributed by atoms with Gasteiger partial charge in [0.25, 0.3) is 0 Å². The van der Waals surface area contributed by atoms with Gasteiger partial charge in [0.15, 0.2) is 0 Å². The molecule has 2 aromatic rings. The van der Waals surface area contributed by atoms with Crippen LogP contribution in [-0.2, 0) is 4.74 Å². The van der Waals surface area contributed by atoms with Crippen LogP contribution in [0, 0.1) is 5.92 Å². The third-order valence-corrected chi connectivity index (χ3v) is 5.77. The number of hydrogen-bond acceptors (Lipinski definition) is 7. The number of anilines is 3. The van der Waals surface area contributed by atoms with E-state index in [2.05, 4.69) is 37.6 Å². The minimum atomic E-state index is -0.948. The Balaban J connectivity index is 1.26. The molecule has 0 atom stereocenters. The van der Waals surface area contributed by atoms with Crippen molar-refractivity contribution in [1.82, 2.24) is 15.3 Å². The molecule has 1 saturated carbocycles. The van der Waals surface area contributed by atoms with Crippen LogP contribution in [0.1, 0.15) is 25.7 Å². The maximum absolute atomic E-state index is 10.7. The van der Waals surface area contributed by atoms with Gasteiger partial charge in [-0.25, -0.2) is 9.78 Å². The van der Waals surface area contributed by atoms with E-state index in [4.69, 9.17) is 14.6 Å². The average Bonchev–Trinajstić information content (AvgIpc) is 2.80. The van der Waals surface area contributed by atoms with Gasteiger partial charge in [0.05, 0.1) is 19.8 Å². The van der Waals surface area contributed by atoms with Crippen LogP contribution in [0.2, 0.25) is 0 Å². The minimum absolute atomic E-state index is 0.0539. The van der Waals surface area contributed by atoms with Crippen molar-refractivity contribution in [1.29, 1.82) is 0 Å². The van der Waals surface area contributed by atoms with Crippen LogP contribution < -0.4 is 20.3 Å². The van der Waals surface area contributed by atoms with Gasteiger partial charge in [-0.1, -0.05) is 0 Å². The van der Waals surface area contributed by atoms with Gasteiger partial charge in [-0.3, -0.25) is 0 Å². The third-order valence-electron chi connectivity index (χ3n) is 5.77. The number of carbonyl (C=O) groups is 1. The lowest BCUT2D eigenvalue weighted by molar-refractivity contribution is 0.122. The van der Waals surface area contributed by atoms with Crippen molar-refractivity contribution >= 4 is 23.4 Å². The monoisotopic (exact) mass is 427 g/mol. The van der Waals surface area contributed by atoms with E-state index in [1.54, 1.807) is 12.3 Å². The molecule has 9 nitrogen and oxygen atoms in total. The summed E-state index contributed by atoms with van der Waals surface area (Å²) >= 11 is 0. The second kappa shape index (κ2) is 10.3. The highest BCUT2D eigenvalue weighted by Gasteiger charge is 2.22. The van der Waals surface area contributed by atoms with Crippen molar-refractivity contribution in [3.63, 3.8) is 0 Å². The molecular weight excluding hydrogens is 398 g/mol. The first kappa shape index (κ1) is 21.2. The highest BCUT2D eigenvalue weighted by atomic mass is 16.5. The maximum atomic E-state index is 10.7. The topological polar surface area (TPSA) is 109 Å². The number of ether oxygens (including phenoxy) is 2. The summed E-state index contributed by atoms with van der Waals surface area (Å²) < 4.78 is 11.3. The van der Waals surface area contributed by atoms with Crippen molar-refractivity contribution in [3.05, 3.63) is 36.5 Å². The van der Waals surface area contributed by atoms with E-state index in [1.165, 1.54) is 5.69 Å². The van der Waals surface area contributed by atoms with Gasteiger partial charge in [-0.05, 0) is 55.9 Å². The zero-order valence-electron chi connectivity index (χ0n) is 17.5.